The first-order valence-corrected chi connectivity index (χ1v) is 5.69. The van der Waals surface area contributed by atoms with Crippen molar-refractivity contribution in [2.24, 2.45) is 0 Å². The van der Waals surface area contributed by atoms with Crippen LogP contribution in [-0.4, -0.2) is 4.92 Å². The van der Waals surface area contributed by atoms with Crippen molar-refractivity contribution >= 4 is 11.4 Å². The van der Waals surface area contributed by atoms with E-state index in [1.165, 1.54) is 0 Å². The second-order valence-electron chi connectivity index (χ2n) is 4.15. The number of nitrogens with zero attached hydrogens (tertiary/aromatic N) is 1. The largest absolute Gasteiger partial charge is 0.375 e. The van der Waals surface area contributed by atoms with Crippen LogP contribution in [0.5, 0.6) is 0 Å². The topological polar surface area (TPSA) is 55.2 Å². The van der Waals surface area contributed by atoms with E-state index in [1.807, 2.05) is 0 Å². The molecule has 2 rings (SSSR count). The molecule has 0 bridgehead atoms. The molecule has 4 nitrogen and oxygen atoms in total. The molecule has 0 aromatic heterocycles. The summed E-state index contributed by atoms with van der Waals surface area (Å²) in [5.41, 5.74) is -0.491. The lowest BCUT2D eigenvalue weighted by Gasteiger charge is -2.08. The average Bonchev–Trinajstić information content (AvgIpc) is 2.43. The second-order valence-corrected chi connectivity index (χ2v) is 4.15. The molecule has 21 heavy (non-hydrogen) atoms. The van der Waals surface area contributed by atoms with Gasteiger partial charge in [-0.2, -0.15) is 0 Å². The number of hydrogen-bond donors (Lipinski definition) is 1. The van der Waals surface area contributed by atoms with E-state index in [2.05, 4.69) is 5.32 Å². The molecule has 0 saturated carbocycles. The molecule has 0 radical (unpaired) electrons. The number of nitro benzene ring substituents is 1. The van der Waals surface area contributed by atoms with E-state index in [-0.39, 0.29) is 17.8 Å². The van der Waals surface area contributed by atoms with Gasteiger partial charge >= 0.3 is 0 Å². The molecule has 2 aromatic rings. The number of nitrogens with one attached hydrogen (secondary N) is 1. The zero-order valence-corrected chi connectivity index (χ0v) is 10.4. The van der Waals surface area contributed by atoms with Crippen molar-refractivity contribution in [2.75, 3.05) is 5.32 Å². The van der Waals surface area contributed by atoms with Gasteiger partial charge in [0.25, 0.3) is 5.69 Å². The van der Waals surface area contributed by atoms with E-state index in [0.717, 1.165) is 24.3 Å². The van der Waals surface area contributed by atoms with Crippen molar-refractivity contribution in [3.63, 3.8) is 0 Å². The first-order valence-electron chi connectivity index (χ1n) is 5.69. The minimum Gasteiger partial charge on any atom is -0.375 e. The molecule has 110 valence electrons. The Morgan fingerprint density at radius 1 is 1.05 bits per heavy atom. The molecule has 0 unspecified atom stereocenters. The van der Waals surface area contributed by atoms with Gasteiger partial charge in [0, 0.05) is 6.54 Å². The van der Waals surface area contributed by atoms with Crippen LogP contribution in [0.1, 0.15) is 5.56 Å². The molecule has 0 aliphatic heterocycles. The molecule has 8 heteroatoms. The molecule has 0 amide bonds. The van der Waals surface area contributed by atoms with Crippen molar-refractivity contribution in [1.29, 1.82) is 0 Å². The van der Waals surface area contributed by atoms with E-state index in [4.69, 9.17) is 0 Å². The predicted octanol–water partition coefficient (Wildman–Crippen LogP) is 3.76. The fourth-order valence-corrected chi connectivity index (χ4v) is 1.71. The fourth-order valence-electron chi connectivity index (χ4n) is 1.71. The lowest BCUT2D eigenvalue weighted by Crippen LogP contribution is -2.04. The molecule has 0 spiro atoms. The number of nitro groups is 1. The molecule has 1 N–H and O–H groups in total. The third-order valence-corrected chi connectivity index (χ3v) is 2.68. The quantitative estimate of drug-likeness (QED) is 0.405. The van der Waals surface area contributed by atoms with Crippen LogP contribution in [0.2, 0.25) is 0 Å². The lowest BCUT2D eigenvalue weighted by atomic mass is 10.2. The Morgan fingerprint density at radius 3 is 2.24 bits per heavy atom. The molecule has 0 aliphatic carbocycles. The van der Waals surface area contributed by atoms with Gasteiger partial charge in [0.15, 0.2) is 17.5 Å². The van der Waals surface area contributed by atoms with Gasteiger partial charge < -0.3 is 5.32 Å². The van der Waals surface area contributed by atoms with Gasteiger partial charge in [-0.3, -0.25) is 10.1 Å². The lowest BCUT2D eigenvalue weighted by molar-refractivity contribution is -0.384. The van der Waals surface area contributed by atoms with Gasteiger partial charge in [0.1, 0.15) is 11.5 Å². The Balaban J connectivity index is 2.22. The van der Waals surface area contributed by atoms with Crippen LogP contribution < -0.4 is 5.32 Å². The van der Waals surface area contributed by atoms with E-state index in [9.17, 15) is 27.7 Å². The van der Waals surface area contributed by atoms with E-state index in [0.29, 0.717) is 6.07 Å². The number of anilines is 1. The molecule has 0 fully saturated rings. The maximum atomic E-state index is 13.0. The van der Waals surface area contributed by atoms with Crippen LogP contribution in [0.3, 0.4) is 0 Å². The van der Waals surface area contributed by atoms with Gasteiger partial charge in [0.2, 0.25) is 0 Å². The maximum absolute atomic E-state index is 13.0. The summed E-state index contributed by atoms with van der Waals surface area (Å²) in [5.74, 6) is -5.10. The highest BCUT2D eigenvalue weighted by Gasteiger charge is 2.15. The van der Waals surface area contributed by atoms with Gasteiger partial charge in [-0.1, -0.05) is 0 Å². The van der Waals surface area contributed by atoms with Crippen molar-refractivity contribution in [3.8, 4) is 0 Å². The molecule has 0 atom stereocenters. The summed E-state index contributed by atoms with van der Waals surface area (Å²) < 4.78 is 51.8. The first kappa shape index (κ1) is 14.8. The molecule has 0 heterocycles. The molecular formula is C13H8F4N2O2. The van der Waals surface area contributed by atoms with Crippen molar-refractivity contribution in [2.45, 2.75) is 6.54 Å². The minimum absolute atomic E-state index is 0.0217. The summed E-state index contributed by atoms with van der Waals surface area (Å²) >= 11 is 0. The summed E-state index contributed by atoms with van der Waals surface area (Å²) in [7, 11) is 0. The highest BCUT2D eigenvalue weighted by atomic mass is 19.2. The van der Waals surface area contributed by atoms with Crippen LogP contribution in [0.4, 0.5) is 28.9 Å². The normalized spacial score (nSPS) is 10.5. The Bertz CT molecular complexity index is 684. The van der Waals surface area contributed by atoms with Crippen molar-refractivity contribution < 1.29 is 22.5 Å². The minimum atomic E-state index is -1.59. The number of rotatable bonds is 4. The average molecular weight is 300 g/mol. The molecule has 0 saturated heterocycles. The fraction of sp³-hybridized carbons (Fsp3) is 0.0769. The van der Waals surface area contributed by atoms with Crippen LogP contribution >= 0.6 is 0 Å². The van der Waals surface area contributed by atoms with E-state index < -0.39 is 33.9 Å². The first-order chi connectivity index (χ1) is 9.88. The Hall–Kier alpha value is -2.64. The number of halogens is 4. The van der Waals surface area contributed by atoms with Crippen LogP contribution in [0.25, 0.3) is 0 Å². The van der Waals surface area contributed by atoms with Gasteiger partial charge in [-0.05, 0) is 29.8 Å². The van der Waals surface area contributed by atoms with Crippen LogP contribution in [0.15, 0.2) is 30.3 Å². The Morgan fingerprint density at radius 2 is 1.67 bits per heavy atom. The summed E-state index contributed by atoms with van der Waals surface area (Å²) in [4.78, 5) is 9.97. The van der Waals surface area contributed by atoms with Crippen molar-refractivity contribution in [3.05, 3.63) is 69.3 Å². The SMILES string of the molecule is O=[N+]([O-])c1cc(F)ccc1NCc1cc(F)c(F)c(F)c1. The third-order valence-electron chi connectivity index (χ3n) is 2.68. The Labute approximate surface area is 116 Å². The monoisotopic (exact) mass is 300 g/mol. The molecule has 2 aromatic carbocycles. The maximum Gasteiger partial charge on any atom is 0.295 e. The number of benzene rings is 2. The summed E-state index contributed by atoms with van der Waals surface area (Å²) in [5, 5.41) is 13.3. The summed E-state index contributed by atoms with van der Waals surface area (Å²) in [6.07, 6.45) is 0. The number of hydrogen-bond acceptors (Lipinski definition) is 3. The summed E-state index contributed by atoms with van der Waals surface area (Å²) in [6, 6.07) is 4.38. The van der Waals surface area contributed by atoms with Gasteiger partial charge in [-0.25, -0.2) is 17.6 Å². The highest BCUT2D eigenvalue weighted by Crippen LogP contribution is 2.25. The molecule has 0 aliphatic rings. The zero-order valence-electron chi connectivity index (χ0n) is 10.4. The van der Waals surface area contributed by atoms with Crippen LogP contribution in [-0.2, 0) is 6.54 Å². The van der Waals surface area contributed by atoms with Crippen LogP contribution in [0, 0.1) is 33.4 Å². The predicted molar refractivity (Wildman–Crippen MR) is 66.7 cm³/mol. The second kappa shape index (κ2) is 5.78. The zero-order chi connectivity index (χ0) is 15.6. The standard InChI is InChI=1S/C13H8F4N2O2/c14-8-1-2-11(12(5-8)19(20)21)18-6-7-3-9(15)13(17)10(16)4-7/h1-5,18H,6H2. The van der Waals surface area contributed by atoms with E-state index in [1.54, 1.807) is 0 Å². The third kappa shape index (κ3) is 3.28. The van der Waals surface area contributed by atoms with Gasteiger partial charge in [0.05, 0.1) is 11.0 Å². The summed E-state index contributed by atoms with van der Waals surface area (Å²) in [6.45, 7) is -0.194. The smallest absolute Gasteiger partial charge is 0.295 e. The van der Waals surface area contributed by atoms with Gasteiger partial charge in [-0.15, -0.1) is 0 Å². The molecular weight excluding hydrogens is 292 g/mol. The Kier molecular flexibility index (Phi) is 4.06. The van der Waals surface area contributed by atoms with Crippen molar-refractivity contribution in [1.82, 2.24) is 0 Å². The highest BCUT2D eigenvalue weighted by molar-refractivity contribution is 5.61. The van der Waals surface area contributed by atoms with E-state index >= 15 is 0 Å².